The number of hydrogen-bond acceptors (Lipinski definition) is 3. The second-order valence-corrected chi connectivity index (χ2v) is 10.9. The Morgan fingerprint density at radius 2 is 1.69 bits per heavy atom. The smallest absolute Gasteiger partial charge is 0.243 e. The van der Waals surface area contributed by atoms with Gasteiger partial charge in [-0.3, -0.25) is 4.79 Å². The van der Waals surface area contributed by atoms with Gasteiger partial charge in [0.25, 0.3) is 0 Å². The number of amides is 1. The molecule has 1 amide bonds. The van der Waals surface area contributed by atoms with E-state index in [2.05, 4.69) is 5.32 Å². The molecule has 8 heteroatoms. The highest BCUT2D eigenvalue weighted by Gasteiger charge is 2.28. The van der Waals surface area contributed by atoms with Crippen molar-refractivity contribution in [3.63, 3.8) is 0 Å². The van der Waals surface area contributed by atoms with Gasteiger partial charge in [-0.2, -0.15) is 4.31 Å². The second kappa shape index (κ2) is 9.47. The fourth-order valence-corrected chi connectivity index (χ4v) is 4.35. The molecule has 0 aliphatic carbocycles. The van der Waals surface area contributed by atoms with E-state index in [0.717, 1.165) is 9.87 Å². The van der Waals surface area contributed by atoms with Crippen molar-refractivity contribution in [1.82, 2.24) is 9.62 Å². The van der Waals surface area contributed by atoms with Gasteiger partial charge in [-0.25, -0.2) is 8.42 Å². The Balaban J connectivity index is 2.33. The zero-order valence-electron chi connectivity index (χ0n) is 17.0. The molecule has 0 unspecified atom stereocenters. The van der Waals surface area contributed by atoms with Gasteiger partial charge in [0.15, 0.2) is 0 Å². The van der Waals surface area contributed by atoms with E-state index in [4.69, 9.17) is 23.2 Å². The SMILES string of the molecule is Cc1ccc(S(=O)(=O)N(CC(=O)NCC(C)(C)C)Cc2ccc(Cl)cc2Cl)cc1. The Morgan fingerprint density at radius 3 is 2.24 bits per heavy atom. The van der Waals surface area contributed by atoms with Crippen LogP contribution in [-0.4, -0.2) is 31.7 Å². The lowest BCUT2D eigenvalue weighted by atomic mass is 9.97. The van der Waals surface area contributed by atoms with Crippen LogP contribution in [0.25, 0.3) is 0 Å². The van der Waals surface area contributed by atoms with Gasteiger partial charge in [-0.05, 0) is 42.2 Å². The highest BCUT2D eigenvalue weighted by Crippen LogP contribution is 2.25. The molecule has 2 aromatic carbocycles. The van der Waals surface area contributed by atoms with E-state index in [0.29, 0.717) is 22.2 Å². The van der Waals surface area contributed by atoms with Crippen molar-refractivity contribution < 1.29 is 13.2 Å². The van der Waals surface area contributed by atoms with Crippen molar-refractivity contribution in [3.8, 4) is 0 Å². The molecule has 0 heterocycles. The van der Waals surface area contributed by atoms with E-state index in [1.54, 1.807) is 30.3 Å². The number of sulfonamides is 1. The van der Waals surface area contributed by atoms with Crippen LogP contribution in [0.4, 0.5) is 0 Å². The molecular formula is C21H26Cl2N2O3S. The molecule has 0 atom stereocenters. The highest BCUT2D eigenvalue weighted by molar-refractivity contribution is 7.89. The average molecular weight is 457 g/mol. The standard InChI is InChI=1S/C21H26Cl2N2O3S/c1-15-5-9-18(10-6-15)29(27,28)25(13-20(26)24-14-21(2,3)4)12-16-7-8-17(22)11-19(16)23/h5-11H,12-14H2,1-4H3,(H,24,26). The summed E-state index contributed by atoms with van der Waals surface area (Å²) < 4.78 is 27.6. The molecule has 0 aliphatic rings. The molecule has 0 aromatic heterocycles. The first-order valence-electron chi connectivity index (χ1n) is 9.16. The molecule has 0 radical (unpaired) electrons. The summed E-state index contributed by atoms with van der Waals surface area (Å²) in [4.78, 5) is 12.6. The second-order valence-electron chi connectivity index (χ2n) is 8.16. The molecule has 2 aromatic rings. The molecule has 0 saturated carbocycles. The van der Waals surface area contributed by atoms with Crippen molar-refractivity contribution in [1.29, 1.82) is 0 Å². The van der Waals surface area contributed by atoms with Crippen LogP contribution in [0.5, 0.6) is 0 Å². The average Bonchev–Trinajstić information content (AvgIpc) is 2.61. The van der Waals surface area contributed by atoms with E-state index in [9.17, 15) is 13.2 Å². The van der Waals surface area contributed by atoms with Gasteiger partial charge in [0.1, 0.15) is 0 Å². The fraction of sp³-hybridized carbons (Fsp3) is 0.381. The largest absolute Gasteiger partial charge is 0.354 e. The van der Waals surface area contributed by atoms with E-state index in [1.165, 1.54) is 12.1 Å². The number of rotatable bonds is 7. The first kappa shape index (κ1) is 23.7. The summed E-state index contributed by atoms with van der Waals surface area (Å²) in [6.07, 6.45) is 0. The summed E-state index contributed by atoms with van der Waals surface area (Å²) in [7, 11) is -3.91. The number of carbonyl (C=O) groups is 1. The molecule has 0 fully saturated rings. The summed E-state index contributed by atoms with van der Waals surface area (Å²) in [6.45, 7) is 7.92. The molecule has 5 nitrogen and oxygen atoms in total. The Labute approximate surface area is 183 Å². The van der Waals surface area contributed by atoms with Crippen LogP contribution in [0.1, 0.15) is 31.9 Å². The van der Waals surface area contributed by atoms with Crippen molar-refractivity contribution in [2.45, 2.75) is 39.1 Å². The highest BCUT2D eigenvalue weighted by atomic mass is 35.5. The van der Waals surface area contributed by atoms with Crippen LogP contribution in [0.3, 0.4) is 0 Å². The summed E-state index contributed by atoms with van der Waals surface area (Å²) in [5, 5.41) is 3.59. The monoisotopic (exact) mass is 456 g/mol. The van der Waals surface area contributed by atoms with Gasteiger partial charge in [0, 0.05) is 23.1 Å². The minimum Gasteiger partial charge on any atom is -0.354 e. The van der Waals surface area contributed by atoms with Crippen molar-refractivity contribution in [3.05, 3.63) is 63.6 Å². The maximum atomic E-state index is 13.2. The van der Waals surface area contributed by atoms with Crippen LogP contribution >= 0.6 is 23.2 Å². The van der Waals surface area contributed by atoms with Crippen LogP contribution in [0, 0.1) is 12.3 Å². The predicted molar refractivity (Wildman–Crippen MR) is 118 cm³/mol. The minimum atomic E-state index is -3.91. The lowest BCUT2D eigenvalue weighted by Gasteiger charge is -2.24. The van der Waals surface area contributed by atoms with Gasteiger partial charge in [-0.1, -0.05) is 67.7 Å². The third-order valence-electron chi connectivity index (χ3n) is 4.16. The van der Waals surface area contributed by atoms with Crippen molar-refractivity contribution in [2.24, 2.45) is 5.41 Å². The van der Waals surface area contributed by atoms with Gasteiger partial charge in [0.2, 0.25) is 15.9 Å². The maximum absolute atomic E-state index is 13.2. The van der Waals surface area contributed by atoms with E-state index in [1.807, 2.05) is 27.7 Å². The van der Waals surface area contributed by atoms with Gasteiger partial charge >= 0.3 is 0 Å². The van der Waals surface area contributed by atoms with Crippen LogP contribution < -0.4 is 5.32 Å². The molecule has 2 rings (SSSR count). The Morgan fingerprint density at radius 1 is 1.07 bits per heavy atom. The Bertz CT molecular complexity index is 968. The van der Waals surface area contributed by atoms with Crippen molar-refractivity contribution in [2.75, 3.05) is 13.1 Å². The van der Waals surface area contributed by atoms with Gasteiger partial charge in [-0.15, -0.1) is 0 Å². The summed E-state index contributed by atoms with van der Waals surface area (Å²) in [5.74, 6) is -0.374. The molecule has 0 bridgehead atoms. The third kappa shape index (κ3) is 7.00. The summed E-state index contributed by atoms with van der Waals surface area (Å²) >= 11 is 12.2. The summed E-state index contributed by atoms with van der Waals surface area (Å²) in [5.41, 5.74) is 1.39. The van der Waals surface area contributed by atoms with Gasteiger partial charge < -0.3 is 5.32 Å². The number of halogens is 2. The number of carbonyl (C=O) groups excluding carboxylic acids is 1. The first-order valence-corrected chi connectivity index (χ1v) is 11.4. The lowest BCUT2D eigenvalue weighted by molar-refractivity contribution is -0.121. The van der Waals surface area contributed by atoms with E-state index >= 15 is 0 Å². The van der Waals surface area contributed by atoms with E-state index in [-0.39, 0.29) is 29.3 Å². The minimum absolute atomic E-state index is 0.0465. The lowest BCUT2D eigenvalue weighted by Crippen LogP contribution is -2.42. The number of hydrogen-bond donors (Lipinski definition) is 1. The maximum Gasteiger partial charge on any atom is 0.243 e. The van der Waals surface area contributed by atoms with Crippen LogP contribution in [0.2, 0.25) is 10.0 Å². The topological polar surface area (TPSA) is 66.5 Å². The number of benzene rings is 2. The molecule has 0 aliphatic heterocycles. The molecule has 158 valence electrons. The van der Waals surface area contributed by atoms with Crippen molar-refractivity contribution >= 4 is 39.1 Å². The van der Waals surface area contributed by atoms with E-state index < -0.39 is 10.0 Å². The quantitative estimate of drug-likeness (QED) is 0.658. The number of nitrogens with zero attached hydrogens (tertiary/aromatic N) is 1. The zero-order valence-corrected chi connectivity index (χ0v) is 19.3. The first-order chi connectivity index (χ1) is 13.4. The number of aryl methyl sites for hydroxylation is 1. The van der Waals surface area contributed by atoms with Gasteiger partial charge in [0.05, 0.1) is 11.4 Å². The predicted octanol–water partition coefficient (Wildman–Crippen LogP) is 4.66. The summed E-state index contributed by atoms with van der Waals surface area (Å²) in [6, 6.07) is 11.4. The Kier molecular flexibility index (Phi) is 7.74. The Hall–Kier alpha value is -1.60. The molecule has 1 N–H and O–H groups in total. The van der Waals surface area contributed by atoms with Crippen LogP contribution in [0.15, 0.2) is 47.4 Å². The fourth-order valence-electron chi connectivity index (χ4n) is 2.50. The number of nitrogens with one attached hydrogen (secondary N) is 1. The molecule has 0 spiro atoms. The molecular weight excluding hydrogens is 431 g/mol. The normalized spacial score (nSPS) is 12.2. The molecule has 0 saturated heterocycles. The zero-order chi connectivity index (χ0) is 21.8. The van der Waals surface area contributed by atoms with Crippen LogP contribution in [-0.2, 0) is 21.4 Å². The molecule has 29 heavy (non-hydrogen) atoms. The third-order valence-corrected chi connectivity index (χ3v) is 6.55.